The van der Waals surface area contributed by atoms with Crippen LogP contribution in [0.25, 0.3) is 0 Å². The molecule has 23 heavy (non-hydrogen) atoms. The van der Waals surface area contributed by atoms with Crippen molar-refractivity contribution in [3.8, 4) is 0 Å². The highest BCUT2D eigenvalue weighted by Crippen LogP contribution is 2.26. The van der Waals surface area contributed by atoms with Crippen LogP contribution in [-0.4, -0.2) is 38.3 Å². The Morgan fingerprint density at radius 1 is 1.13 bits per heavy atom. The van der Waals surface area contributed by atoms with Gasteiger partial charge in [-0.2, -0.15) is 0 Å². The fourth-order valence-electron chi connectivity index (χ4n) is 3.85. The molecular formula is C19H28N2O2. The van der Waals surface area contributed by atoms with Crippen LogP contribution >= 0.6 is 0 Å². The molecule has 0 bridgehead atoms. The maximum atomic E-state index is 12.5. The van der Waals surface area contributed by atoms with Crippen LogP contribution < -0.4 is 10.2 Å². The number of anilines is 1. The number of methoxy groups -OCH3 is 1. The number of hydrogen-bond acceptors (Lipinski definition) is 3. The molecule has 2 aliphatic rings. The van der Waals surface area contributed by atoms with Crippen molar-refractivity contribution in [3.63, 3.8) is 0 Å². The lowest BCUT2D eigenvalue weighted by molar-refractivity contribution is -0.127. The van der Waals surface area contributed by atoms with Gasteiger partial charge in [0.1, 0.15) is 0 Å². The maximum Gasteiger partial charge on any atom is 0.223 e. The summed E-state index contributed by atoms with van der Waals surface area (Å²) in [5.74, 6) is 0.424. The molecule has 1 atom stereocenters. The predicted octanol–water partition coefficient (Wildman–Crippen LogP) is 2.98. The standard InChI is InChI=1S/C19H28N2O2/c1-23-18-11-9-15(10-12-18)19(22)20-16-6-5-13-21(14-16)17-7-3-2-4-8-17/h2-4,7-8,15-16,18H,5-6,9-14H2,1H3,(H,20,22)/t15?,16-,18?/m0/s1. The number of carbonyl (C=O) groups is 1. The first-order valence-corrected chi connectivity index (χ1v) is 8.89. The summed E-state index contributed by atoms with van der Waals surface area (Å²) in [4.78, 5) is 14.9. The van der Waals surface area contributed by atoms with Crippen LogP contribution in [0.3, 0.4) is 0 Å². The van der Waals surface area contributed by atoms with E-state index in [1.165, 1.54) is 5.69 Å². The van der Waals surface area contributed by atoms with Crippen molar-refractivity contribution in [2.45, 2.75) is 50.7 Å². The summed E-state index contributed by atoms with van der Waals surface area (Å²) in [6, 6.07) is 10.8. The molecular weight excluding hydrogens is 288 g/mol. The van der Waals surface area contributed by atoms with Crippen LogP contribution in [-0.2, 0) is 9.53 Å². The summed E-state index contributed by atoms with van der Waals surface area (Å²) in [6.45, 7) is 2.00. The van der Waals surface area contributed by atoms with E-state index in [1.807, 2.05) is 6.07 Å². The van der Waals surface area contributed by atoms with E-state index >= 15 is 0 Å². The van der Waals surface area contributed by atoms with Crippen molar-refractivity contribution < 1.29 is 9.53 Å². The third kappa shape index (κ3) is 4.25. The SMILES string of the molecule is COC1CCC(C(=O)N[C@H]2CCCN(c3ccccc3)C2)CC1. The molecule has 1 saturated heterocycles. The number of ether oxygens (including phenoxy) is 1. The van der Waals surface area contributed by atoms with Crippen LogP contribution in [0.4, 0.5) is 5.69 Å². The minimum atomic E-state index is 0.175. The van der Waals surface area contributed by atoms with Crippen molar-refractivity contribution in [1.29, 1.82) is 0 Å². The van der Waals surface area contributed by atoms with Crippen molar-refractivity contribution in [2.75, 3.05) is 25.1 Å². The second-order valence-corrected chi connectivity index (χ2v) is 6.84. The minimum Gasteiger partial charge on any atom is -0.381 e. The molecule has 1 aliphatic carbocycles. The topological polar surface area (TPSA) is 41.6 Å². The highest BCUT2D eigenvalue weighted by atomic mass is 16.5. The van der Waals surface area contributed by atoms with Crippen molar-refractivity contribution in [2.24, 2.45) is 5.92 Å². The predicted molar refractivity (Wildman–Crippen MR) is 92.6 cm³/mol. The Hall–Kier alpha value is -1.55. The maximum absolute atomic E-state index is 12.5. The zero-order chi connectivity index (χ0) is 16.1. The number of rotatable bonds is 4. The lowest BCUT2D eigenvalue weighted by Crippen LogP contribution is -2.49. The summed E-state index contributed by atoms with van der Waals surface area (Å²) in [5.41, 5.74) is 1.26. The van der Waals surface area contributed by atoms with Gasteiger partial charge < -0.3 is 15.0 Å². The Morgan fingerprint density at radius 3 is 2.57 bits per heavy atom. The zero-order valence-electron chi connectivity index (χ0n) is 14.0. The number of piperidine rings is 1. The third-order valence-corrected chi connectivity index (χ3v) is 5.27. The molecule has 4 nitrogen and oxygen atoms in total. The Balaban J connectivity index is 1.51. The molecule has 1 aromatic rings. The highest BCUT2D eigenvalue weighted by molar-refractivity contribution is 5.79. The van der Waals surface area contributed by atoms with Crippen molar-refractivity contribution in [1.82, 2.24) is 5.32 Å². The first-order chi connectivity index (χ1) is 11.3. The Bertz CT molecular complexity index is 497. The van der Waals surface area contributed by atoms with Gasteiger partial charge in [0.2, 0.25) is 5.91 Å². The van der Waals surface area contributed by atoms with Gasteiger partial charge in [0, 0.05) is 37.8 Å². The second kappa shape index (κ2) is 7.82. The number of para-hydroxylation sites is 1. The molecule has 1 amide bonds. The van der Waals surface area contributed by atoms with Crippen LogP contribution in [0.2, 0.25) is 0 Å². The van der Waals surface area contributed by atoms with Gasteiger partial charge in [-0.05, 0) is 50.7 Å². The van der Waals surface area contributed by atoms with Crippen LogP contribution in [0, 0.1) is 5.92 Å². The van der Waals surface area contributed by atoms with E-state index in [2.05, 4.69) is 34.5 Å². The van der Waals surface area contributed by atoms with E-state index in [-0.39, 0.29) is 17.9 Å². The first-order valence-electron chi connectivity index (χ1n) is 8.89. The van der Waals surface area contributed by atoms with E-state index in [0.29, 0.717) is 6.10 Å². The summed E-state index contributed by atoms with van der Waals surface area (Å²) in [7, 11) is 1.77. The highest BCUT2D eigenvalue weighted by Gasteiger charge is 2.29. The number of benzene rings is 1. The number of nitrogens with zero attached hydrogens (tertiary/aromatic N) is 1. The molecule has 0 unspecified atom stereocenters. The number of amides is 1. The fourth-order valence-corrected chi connectivity index (χ4v) is 3.85. The van der Waals surface area contributed by atoms with Gasteiger partial charge in [0.15, 0.2) is 0 Å². The summed E-state index contributed by atoms with van der Waals surface area (Å²) in [6.07, 6.45) is 6.50. The average Bonchev–Trinajstić information content (AvgIpc) is 2.63. The Kier molecular flexibility index (Phi) is 5.55. The van der Waals surface area contributed by atoms with Gasteiger partial charge in [0.05, 0.1) is 6.10 Å². The zero-order valence-corrected chi connectivity index (χ0v) is 14.0. The first kappa shape index (κ1) is 16.3. The largest absolute Gasteiger partial charge is 0.381 e. The van der Waals surface area contributed by atoms with Gasteiger partial charge in [-0.25, -0.2) is 0 Å². The molecule has 4 heteroatoms. The summed E-state index contributed by atoms with van der Waals surface area (Å²) < 4.78 is 5.39. The lowest BCUT2D eigenvalue weighted by atomic mass is 9.86. The molecule has 2 fully saturated rings. The molecule has 1 aliphatic heterocycles. The monoisotopic (exact) mass is 316 g/mol. The minimum absolute atomic E-state index is 0.175. The smallest absolute Gasteiger partial charge is 0.223 e. The number of nitrogens with one attached hydrogen (secondary N) is 1. The van der Waals surface area contributed by atoms with Crippen molar-refractivity contribution >= 4 is 11.6 Å². The fraction of sp³-hybridized carbons (Fsp3) is 0.632. The van der Waals surface area contributed by atoms with Crippen LogP contribution in [0.15, 0.2) is 30.3 Å². The quantitative estimate of drug-likeness (QED) is 0.928. The molecule has 126 valence electrons. The Morgan fingerprint density at radius 2 is 1.87 bits per heavy atom. The second-order valence-electron chi connectivity index (χ2n) is 6.84. The third-order valence-electron chi connectivity index (χ3n) is 5.27. The molecule has 1 aromatic carbocycles. The Labute approximate surface area is 139 Å². The van der Waals surface area contributed by atoms with Gasteiger partial charge in [-0.1, -0.05) is 18.2 Å². The molecule has 0 spiro atoms. The van der Waals surface area contributed by atoms with Crippen LogP contribution in [0.5, 0.6) is 0 Å². The van der Waals surface area contributed by atoms with Crippen LogP contribution in [0.1, 0.15) is 38.5 Å². The van der Waals surface area contributed by atoms with Gasteiger partial charge in [-0.15, -0.1) is 0 Å². The van der Waals surface area contributed by atoms with E-state index in [1.54, 1.807) is 7.11 Å². The van der Waals surface area contributed by atoms with E-state index in [0.717, 1.165) is 51.6 Å². The average molecular weight is 316 g/mol. The van der Waals surface area contributed by atoms with E-state index < -0.39 is 0 Å². The molecule has 0 aromatic heterocycles. The van der Waals surface area contributed by atoms with Crippen molar-refractivity contribution in [3.05, 3.63) is 30.3 Å². The molecule has 0 radical (unpaired) electrons. The number of hydrogen-bond donors (Lipinski definition) is 1. The normalized spacial score (nSPS) is 28.4. The van der Waals surface area contributed by atoms with Gasteiger partial charge in [-0.3, -0.25) is 4.79 Å². The molecule has 3 rings (SSSR count). The van der Waals surface area contributed by atoms with E-state index in [4.69, 9.17) is 4.74 Å². The number of carbonyl (C=O) groups excluding carboxylic acids is 1. The molecule has 1 heterocycles. The lowest BCUT2D eigenvalue weighted by Gasteiger charge is -2.36. The summed E-state index contributed by atoms with van der Waals surface area (Å²) in [5, 5.41) is 3.30. The molecule has 1 saturated carbocycles. The summed E-state index contributed by atoms with van der Waals surface area (Å²) >= 11 is 0. The van der Waals surface area contributed by atoms with E-state index in [9.17, 15) is 4.79 Å². The molecule has 1 N–H and O–H groups in total. The van der Waals surface area contributed by atoms with Gasteiger partial charge in [0.25, 0.3) is 0 Å². The van der Waals surface area contributed by atoms with Gasteiger partial charge >= 0.3 is 0 Å².